The third kappa shape index (κ3) is 1.12. The molecule has 2 atom stereocenters. The van der Waals surface area contributed by atoms with Crippen molar-refractivity contribution in [3.63, 3.8) is 0 Å². The maximum Gasteiger partial charge on any atom is 0.144 e. The normalized spacial score (nSPS) is 34.4. The van der Waals surface area contributed by atoms with Gasteiger partial charge in [-0.2, -0.15) is 0 Å². The minimum Gasteiger partial charge on any atom is -0.299 e. The quantitative estimate of drug-likeness (QED) is 0.680. The molecule has 0 bridgehead atoms. The Morgan fingerprint density at radius 3 is 2.60 bits per heavy atom. The first-order valence-corrected chi connectivity index (χ1v) is 5.93. The molecule has 15 heavy (non-hydrogen) atoms. The number of benzene rings is 1. The van der Waals surface area contributed by atoms with Crippen molar-refractivity contribution in [2.45, 2.75) is 37.5 Å². The van der Waals surface area contributed by atoms with Crippen molar-refractivity contribution < 1.29 is 4.79 Å². The maximum absolute atomic E-state index is 12.0. The first-order chi connectivity index (χ1) is 7.34. The SMILES string of the molecule is O=C1C[C@@H]2CCCC[C@]12c1ccccc1. The molecule has 2 fully saturated rings. The lowest BCUT2D eigenvalue weighted by Crippen LogP contribution is -2.55. The van der Waals surface area contributed by atoms with Gasteiger partial charge in [0.1, 0.15) is 5.78 Å². The van der Waals surface area contributed by atoms with Gasteiger partial charge in [-0.3, -0.25) is 4.79 Å². The summed E-state index contributed by atoms with van der Waals surface area (Å²) >= 11 is 0. The Kier molecular flexibility index (Phi) is 1.95. The number of rotatable bonds is 1. The van der Waals surface area contributed by atoms with Gasteiger partial charge in [-0.1, -0.05) is 43.2 Å². The van der Waals surface area contributed by atoms with Crippen molar-refractivity contribution in [2.24, 2.45) is 5.92 Å². The van der Waals surface area contributed by atoms with E-state index in [9.17, 15) is 4.79 Å². The summed E-state index contributed by atoms with van der Waals surface area (Å²) in [7, 11) is 0. The van der Waals surface area contributed by atoms with Crippen LogP contribution >= 0.6 is 0 Å². The fraction of sp³-hybridized carbons (Fsp3) is 0.500. The Morgan fingerprint density at radius 2 is 1.93 bits per heavy atom. The molecule has 1 aromatic carbocycles. The van der Waals surface area contributed by atoms with E-state index in [0.29, 0.717) is 11.7 Å². The maximum atomic E-state index is 12.0. The molecule has 0 radical (unpaired) electrons. The average molecular weight is 200 g/mol. The van der Waals surface area contributed by atoms with Crippen LogP contribution in [0, 0.1) is 5.92 Å². The molecule has 78 valence electrons. The van der Waals surface area contributed by atoms with E-state index in [1.54, 1.807) is 0 Å². The first kappa shape index (κ1) is 9.14. The Morgan fingerprint density at radius 1 is 1.13 bits per heavy atom. The number of Topliss-reactive ketones (excluding diaryl/α,β-unsaturated/α-hetero) is 1. The lowest BCUT2D eigenvalue weighted by atomic mass is 9.50. The topological polar surface area (TPSA) is 17.1 Å². The van der Waals surface area contributed by atoms with Crippen molar-refractivity contribution in [1.29, 1.82) is 0 Å². The van der Waals surface area contributed by atoms with Crippen molar-refractivity contribution in [1.82, 2.24) is 0 Å². The second-order valence-corrected chi connectivity index (χ2v) is 4.91. The fourth-order valence-corrected chi connectivity index (χ4v) is 3.44. The van der Waals surface area contributed by atoms with Crippen LogP contribution in [0.3, 0.4) is 0 Å². The van der Waals surface area contributed by atoms with E-state index in [2.05, 4.69) is 24.3 Å². The highest BCUT2D eigenvalue weighted by Crippen LogP contribution is 2.54. The highest BCUT2D eigenvalue weighted by molar-refractivity contribution is 5.97. The molecule has 0 aromatic heterocycles. The third-order valence-electron chi connectivity index (χ3n) is 4.29. The Balaban J connectivity index is 2.04. The Labute approximate surface area is 90.5 Å². The van der Waals surface area contributed by atoms with Gasteiger partial charge in [-0.15, -0.1) is 0 Å². The fourth-order valence-electron chi connectivity index (χ4n) is 3.44. The summed E-state index contributed by atoms with van der Waals surface area (Å²) in [5.74, 6) is 1.12. The lowest BCUT2D eigenvalue weighted by Gasteiger charge is -2.51. The van der Waals surface area contributed by atoms with Crippen molar-refractivity contribution >= 4 is 5.78 Å². The van der Waals surface area contributed by atoms with Crippen LogP contribution < -0.4 is 0 Å². The van der Waals surface area contributed by atoms with E-state index < -0.39 is 0 Å². The summed E-state index contributed by atoms with van der Waals surface area (Å²) in [4.78, 5) is 12.0. The number of hydrogen-bond donors (Lipinski definition) is 0. The summed E-state index contributed by atoms with van der Waals surface area (Å²) in [6, 6.07) is 10.4. The molecule has 1 aromatic rings. The van der Waals surface area contributed by atoms with Gasteiger partial charge >= 0.3 is 0 Å². The van der Waals surface area contributed by atoms with Crippen molar-refractivity contribution in [3.05, 3.63) is 35.9 Å². The van der Waals surface area contributed by atoms with Gasteiger partial charge in [0.05, 0.1) is 5.41 Å². The van der Waals surface area contributed by atoms with E-state index in [0.717, 1.165) is 12.8 Å². The highest BCUT2D eigenvalue weighted by atomic mass is 16.1. The molecular weight excluding hydrogens is 184 g/mol. The van der Waals surface area contributed by atoms with Gasteiger partial charge in [0, 0.05) is 6.42 Å². The van der Waals surface area contributed by atoms with Crippen LogP contribution in [0.1, 0.15) is 37.7 Å². The summed E-state index contributed by atoms with van der Waals surface area (Å²) in [5, 5.41) is 0. The van der Waals surface area contributed by atoms with Gasteiger partial charge in [0.15, 0.2) is 0 Å². The zero-order valence-electron chi connectivity index (χ0n) is 8.91. The van der Waals surface area contributed by atoms with Crippen LogP contribution in [0.15, 0.2) is 30.3 Å². The molecule has 0 unspecified atom stereocenters. The van der Waals surface area contributed by atoms with Gasteiger partial charge in [0.2, 0.25) is 0 Å². The van der Waals surface area contributed by atoms with Crippen LogP contribution in [0.5, 0.6) is 0 Å². The van der Waals surface area contributed by atoms with Gasteiger partial charge in [-0.05, 0) is 24.3 Å². The van der Waals surface area contributed by atoms with Crippen LogP contribution in [-0.2, 0) is 10.2 Å². The molecule has 2 aliphatic rings. The summed E-state index contributed by atoms with van der Waals surface area (Å²) in [6.45, 7) is 0. The highest BCUT2D eigenvalue weighted by Gasteiger charge is 2.55. The van der Waals surface area contributed by atoms with Crippen LogP contribution in [0.25, 0.3) is 0 Å². The largest absolute Gasteiger partial charge is 0.299 e. The monoisotopic (exact) mass is 200 g/mol. The minimum atomic E-state index is -0.0699. The minimum absolute atomic E-state index is 0.0699. The average Bonchev–Trinajstić information content (AvgIpc) is 2.29. The number of hydrogen-bond acceptors (Lipinski definition) is 1. The molecule has 2 saturated carbocycles. The molecule has 0 amide bonds. The molecule has 2 aliphatic carbocycles. The summed E-state index contributed by atoms with van der Waals surface area (Å²) in [5.41, 5.74) is 1.20. The van der Waals surface area contributed by atoms with Crippen LogP contribution in [0.4, 0.5) is 0 Å². The Hall–Kier alpha value is -1.11. The van der Waals surface area contributed by atoms with E-state index in [4.69, 9.17) is 0 Å². The molecule has 1 nitrogen and oxygen atoms in total. The number of carbonyl (C=O) groups is 1. The first-order valence-electron chi connectivity index (χ1n) is 5.93. The molecule has 0 saturated heterocycles. The van der Waals surface area contributed by atoms with Gasteiger partial charge in [-0.25, -0.2) is 0 Å². The zero-order chi connectivity index (χ0) is 10.3. The molecule has 3 rings (SSSR count). The van der Waals surface area contributed by atoms with E-state index in [-0.39, 0.29) is 5.41 Å². The van der Waals surface area contributed by atoms with Crippen LogP contribution in [0.2, 0.25) is 0 Å². The van der Waals surface area contributed by atoms with E-state index in [1.165, 1.54) is 24.8 Å². The summed E-state index contributed by atoms with van der Waals surface area (Å²) in [6.07, 6.45) is 5.69. The summed E-state index contributed by atoms with van der Waals surface area (Å²) < 4.78 is 0. The standard InChI is InChI=1S/C14H16O/c15-13-10-12-8-4-5-9-14(12,13)11-6-2-1-3-7-11/h1-3,6-7,12H,4-5,8-10H2/t12-,14+/m0/s1. The van der Waals surface area contributed by atoms with Crippen molar-refractivity contribution in [2.75, 3.05) is 0 Å². The van der Waals surface area contributed by atoms with E-state index in [1.807, 2.05) is 6.07 Å². The number of ketones is 1. The second kappa shape index (κ2) is 3.19. The predicted molar refractivity (Wildman–Crippen MR) is 59.7 cm³/mol. The smallest absolute Gasteiger partial charge is 0.144 e. The zero-order valence-corrected chi connectivity index (χ0v) is 8.91. The Bertz CT molecular complexity index is 382. The number of carbonyl (C=O) groups excluding carboxylic acids is 1. The molecule has 0 heterocycles. The van der Waals surface area contributed by atoms with E-state index >= 15 is 0 Å². The van der Waals surface area contributed by atoms with Gasteiger partial charge in [0.25, 0.3) is 0 Å². The van der Waals surface area contributed by atoms with Gasteiger partial charge < -0.3 is 0 Å². The second-order valence-electron chi connectivity index (χ2n) is 4.91. The molecule has 0 aliphatic heterocycles. The molecule has 0 spiro atoms. The van der Waals surface area contributed by atoms with Crippen molar-refractivity contribution in [3.8, 4) is 0 Å². The number of fused-ring (bicyclic) bond motifs is 1. The molecule has 0 N–H and O–H groups in total. The van der Waals surface area contributed by atoms with Crippen LogP contribution in [-0.4, -0.2) is 5.78 Å². The molecular formula is C14H16O. The lowest BCUT2D eigenvalue weighted by molar-refractivity contribution is -0.140. The predicted octanol–water partition coefficient (Wildman–Crippen LogP) is 3.09. The molecule has 1 heteroatoms. The third-order valence-corrected chi connectivity index (χ3v) is 4.29.